The van der Waals surface area contributed by atoms with Gasteiger partial charge in [0.2, 0.25) is 0 Å². The average Bonchev–Trinajstić information content (AvgIpc) is 2.74. The van der Waals surface area contributed by atoms with Gasteiger partial charge in [0, 0.05) is 19.0 Å². The molecule has 33 heavy (non-hydrogen) atoms. The molecule has 0 aliphatic carbocycles. The van der Waals surface area contributed by atoms with Crippen LogP contribution in [-0.2, 0) is 17.1 Å². The van der Waals surface area contributed by atoms with E-state index in [0.717, 1.165) is 24.3 Å². The summed E-state index contributed by atoms with van der Waals surface area (Å²) >= 11 is 0. The molecule has 1 aliphatic heterocycles. The van der Waals surface area contributed by atoms with E-state index in [4.69, 9.17) is 6.42 Å². The number of benzene rings is 2. The fourth-order valence-electron chi connectivity index (χ4n) is 4.26. The number of rotatable bonds is 5. The molecular formula is C24H21F6NO2. The molecule has 0 aromatic heterocycles. The highest BCUT2D eigenvalue weighted by atomic mass is 19.4. The van der Waals surface area contributed by atoms with Gasteiger partial charge >= 0.3 is 18.3 Å². The van der Waals surface area contributed by atoms with E-state index in [2.05, 4.69) is 5.92 Å². The molecule has 0 unspecified atom stereocenters. The van der Waals surface area contributed by atoms with Crippen LogP contribution in [0.5, 0.6) is 0 Å². The molecule has 1 N–H and O–H groups in total. The predicted octanol–water partition coefficient (Wildman–Crippen LogP) is 6.33. The van der Waals surface area contributed by atoms with Crippen molar-refractivity contribution in [3.8, 4) is 12.3 Å². The molecule has 9 heteroatoms. The normalized spacial score (nSPS) is 20.8. The lowest BCUT2D eigenvalue weighted by molar-refractivity contribution is -0.139. The Morgan fingerprint density at radius 2 is 1.52 bits per heavy atom. The van der Waals surface area contributed by atoms with Gasteiger partial charge in [-0.25, -0.2) is 0 Å². The summed E-state index contributed by atoms with van der Waals surface area (Å²) in [5.41, 5.74) is -0.655. The molecule has 0 radical (unpaired) electrons. The molecule has 0 bridgehead atoms. The Morgan fingerprint density at radius 1 is 1.00 bits per heavy atom. The molecule has 176 valence electrons. The molecule has 0 saturated carbocycles. The van der Waals surface area contributed by atoms with Gasteiger partial charge in [-0.1, -0.05) is 30.2 Å². The first kappa shape index (κ1) is 24.6. The molecular weight excluding hydrogens is 448 g/mol. The quantitative estimate of drug-likeness (QED) is 0.411. The van der Waals surface area contributed by atoms with Crippen LogP contribution in [0.2, 0.25) is 0 Å². The van der Waals surface area contributed by atoms with Gasteiger partial charge in [-0.3, -0.25) is 9.69 Å². The Morgan fingerprint density at radius 3 is 1.97 bits per heavy atom. The van der Waals surface area contributed by atoms with Crippen LogP contribution in [-0.4, -0.2) is 22.5 Å². The van der Waals surface area contributed by atoms with Crippen molar-refractivity contribution in [2.45, 2.75) is 43.7 Å². The van der Waals surface area contributed by atoms with E-state index in [0.29, 0.717) is 30.5 Å². The number of terminal acetylenes is 1. The minimum atomic E-state index is -4.50. The van der Waals surface area contributed by atoms with E-state index in [1.807, 2.05) is 4.90 Å². The minimum absolute atomic E-state index is 0.0913. The minimum Gasteiger partial charge on any atom is -0.481 e. The van der Waals surface area contributed by atoms with E-state index in [1.165, 1.54) is 24.3 Å². The molecule has 0 amide bonds. The van der Waals surface area contributed by atoms with Crippen LogP contribution in [0.15, 0.2) is 48.5 Å². The third-order valence-corrected chi connectivity index (χ3v) is 5.88. The van der Waals surface area contributed by atoms with Gasteiger partial charge in [-0.05, 0) is 54.2 Å². The zero-order valence-electron chi connectivity index (χ0n) is 17.3. The summed E-state index contributed by atoms with van der Waals surface area (Å²) in [7, 11) is 0. The van der Waals surface area contributed by atoms with E-state index in [9.17, 15) is 36.2 Å². The molecule has 2 aromatic rings. The first-order chi connectivity index (χ1) is 15.4. The Bertz CT molecular complexity index is 1010. The summed E-state index contributed by atoms with van der Waals surface area (Å²) < 4.78 is 77.7. The van der Waals surface area contributed by atoms with Gasteiger partial charge < -0.3 is 5.11 Å². The van der Waals surface area contributed by atoms with Gasteiger partial charge in [0.05, 0.1) is 17.2 Å². The van der Waals surface area contributed by atoms with Crippen LogP contribution < -0.4 is 0 Å². The maximum atomic E-state index is 13.0. The monoisotopic (exact) mass is 469 g/mol. The average molecular weight is 469 g/mol. The summed E-state index contributed by atoms with van der Waals surface area (Å²) in [4.78, 5) is 13.0. The number of aliphatic carboxylic acids is 1. The number of piperidine rings is 1. The zero-order valence-corrected chi connectivity index (χ0v) is 17.3. The van der Waals surface area contributed by atoms with Crippen molar-refractivity contribution < 1.29 is 36.2 Å². The highest BCUT2D eigenvalue weighted by Crippen LogP contribution is 2.42. The number of carbonyl (C=O) groups is 1. The maximum absolute atomic E-state index is 13.0. The molecule has 3 rings (SSSR count). The largest absolute Gasteiger partial charge is 0.481 e. The lowest BCUT2D eigenvalue weighted by atomic mass is 9.83. The van der Waals surface area contributed by atoms with E-state index < -0.39 is 41.5 Å². The summed E-state index contributed by atoms with van der Waals surface area (Å²) in [6.07, 6.45) is -2.52. The van der Waals surface area contributed by atoms with Gasteiger partial charge in [0.25, 0.3) is 0 Å². The molecule has 1 fully saturated rings. The number of carboxylic acid groups (broad SMARTS) is 1. The molecule has 1 aliphatic rings. The van der Waals surface area contributed by atoms with Gasteiger partial charge in [-0.15, -0.1) is 6.42 Å². The lowest BCUT2D eigenvalue weighted by Crippen LogP contribution is -2.39. The smallest absolute Gasteiger partial charge is 0.416 e. The fourth-order valence-corrected chi connectivity index (χ4v) is 4.26. The SMILES string of the molecule is C#C[C@H](c1ccc(C(F)(F)F)cc1)N1CC[C@H](CC(=O)O)C[C@H]1c1ccc(C(F)(F)F)cc1. The second kappa shape index (κ2) is 9.48. The number of carboxylic acids is 1. The molecule has 1 saturated heterocycles. The summed E-state index contributed by atoms with van der Waals surface area (Å²) in [5, 5.41) is 9.18. The summed E-state index contributed by atoms with van der Waals surface area (Å²) in [6, 6.07) is 7.82. The van der Waals surface area contributed by atoms with E-state index in [-0.39, 0.29) is 12.3 Å². The van der Waals surface area contributed by atoms with Crippen molar-refractivity contribution >= 4 is 5.97 Å². The standard InChI is InChI=1S/C24H21F6NO2/c1-2-20(16-3-7-18(8-4-16)23(25,26)27)31-12-11-15(14-22(32)33)13-21(31)17-5-9-19(10-6-17)24(28,29)30/h1,3-10,15,20-21H,11-14H2,(H,32,33)/t15-,20+,21-/m0/s1. The third-order valence-electron chi connectivity index (χ3n) is 5.88. The second-order valence-electron chi connectivity index (χ2n) is 8.05. The lowest BCUT2D eigenvalue weighted by Gasteiger charge is -2.42. The van der Waals surface area contributed by atoms with Crippen molar-refractivity contribution in [1.82, 2.24) is 4.90 Å². The van der Waals surface area contributed by atoms with Crippen molar-refractivity contribution in [2.24, 2.45) is 5.92 Å². The Labute approximate surface area is 187 Å². The highest BCUT2D eigenvalue weighted by molar-refractivity contribution is 5.67. The number of alkyl halides is 6. The molecule has 3 nitrogen and oxygen atoms in total. The van der Waals surface area contributed by atoms with Crippen LogP contribution in [0.1, 0.15) is 53.6 Å². The Balaban J connectivity index is 1.94. The highest BCUT2D eigenvalue weighted by Gasteiger charge is 2.36. The first-order valence-electron chi connectivity index (χ1n) is 10.2. The molecule has 3 atom stereocenters. The van der Waals surface area contributed by atoms with E-state index in [1.54, 1.807) is 0 Å². The van der Waals surface area contributed by atoms with Crippen LogP contribution >= 0.6 is 0 Å². The number of hydrogen-bond acceptors (Lipinski definition) is 2. The van der Waals surface area contributed by atoms with Gasteiger partial charge in [0.15, 0.2) is 0 Å². The van der Waals surface area contributed by atoms with Crippen molar-refractivity contribution in [1.29, 1.82) is 0 Å². The third kappa shape index (κ3) is 5.88. The van der Waals surface area contributed by atoms with Crippen molar-refractivity contribution in [2.75, 3.05) is 6.54 Å². The number of nitrogens with zero attached hydrogens (tertiary/aromatic N) is 1. The summed E-state index contributed by atoms with van der Waals surface area (Å²) in [6.45, 7) is 0.347. The molecule has 2 aromatic carbocycles. The van der Waals surface area contributed by atoms with Crippen molar-refractivity contribution in [3.05, 3.63) is 70.8 Å². The van der Waals surface area contributed by atoms with Crippen LogP contribution in [0.4, 0.5) is 26.3 Å². The van der Waals surface area contributed by atoms with Crippen molar-refractivity contribution in [3.63, 3.8) is 0 Å². The fraction of sp³-hybridized carbons (Fsp3) is 0.375. The second-order valence-corrected chi connectivity index (χ2v) is 8.05. The zero-order chi connectivity index (χ0) is 24.4. The maximum Gasteiger partial charge on any atom is 0.416 e. The molecule has 0 spiro atoms. The summed E-state index contributed by atoms with van der Waals surface area (Å²) in [5.74, 6) is 1.40. The van der Waals surface area contributed by atoms with Gasteiger partial charge in [-0.2, -0.15) is 26.3 Å². The van der Waals surface area contributed by atoms with Gasteiger partial charge in [0.1, 0.15) is 0 Å². The Kier molecular flexibility index (Phi) is 7.08. The number of likely N-dealkylation sites (tertiary alicyclic amines) is 1. The topological polar surface area (TPSA) is 40.5 Å². The van der Waals surface area contributed by atoms with Crippen LogP contribution in [0.25, 0.3) is 0 Å². The number of hydrogen-bond donors (Lipinski definition) is 1. The predicted molar refractivity (Wildman–Crippen MR) is 109 cm³/mol. The molecule has 1 heterocycles. The van der Waals surface area contributed by atoms with Crippen LogP contribution in [0.3, 0.4) is 0 Å². The Hall–Kier alpha value is -2.99. The van der Waals surface area contributed by atoms with Crippen LogP contribution in [0, 0.1) is 18.3 Å². The first-order valence-corrected chi connectivity index (χ1v) is 10.2. The number of halogens is 6. The van der Waals surface area contributed by atoms with E-state index >= 15 is 0 Å².